The minimum absolute atomic E-state index is 0.203. The van der Waals surface area contributed by atoms with E-state index in [4.69, 9.17) is 0 Å². The SMILES string of the molecule is Cc1ccc(C2(NCc3cccc(F)c3)NCCN2)cc1. The molecule has 1 heterocycles. The molecular weight excluding hydrogens is 265 g/mol. The third-order valence-corrected chi connectivity index (χ3v) is 3.84. The molecule has 0 aliphatic carbocycles. The molecule has 0 saturated carbocycles. The molecular formula is C17H20FN3. The summed E-state index contributed by atoms with van der Waals surface area (Å²) < 4.78 is 13.3. The van der Waals surface area contributed by atoms with Crippen LogP contribution in [0.25, 0.3) is 0 Å². The van der Waals surface area contributed by atoms with Crippen molar-refractivity contribution in [3.05, 3.63) is 71.0 Å². The summed E-state index contributed by atoms with van der Waals surface area (Å²) in [5.41, 5.74) is 3.30. The van der Waals surface area contributed by atoms with E-state index in [1.165, 1.54) is 11.6 Å². The molecule has 3 N–H and O–H groups in total. The molecule has 2 aromatic rings. The largest absolute Gasteiger partial charge is 0.282 e. The average molecular weight is 285 g/mol. The van der Waals surface area contributed by atoms with E-state index in [9.17, 15) is 4.39 Å². The average Bonchev–Trinajstić information content (AvgIpc) is 2.96. The molecule has 0 aromatic heterocycles. The van der Waals surface area contributed by atoms with E-state index in [0.717, 1.165) is 24.2 Å². The summed E-state index contributed by atoms with van der Waals surface area (Å²) in [4.78, 5) is 0. The molecule has 3 nitrogen and oxygen atoms in total. The van der Waals surface area contributed by atoms with Gasteiger partial charge in [0.1, 0.15) is 5.82 Å². The molecule has 1 aliphatic rings. The maximum atomic E-state index is 13.3. The Balaban J connectivity index is 1.80. The lowest BCUT2D eigenvalue weighted by atomic mass is 10.1. The minimum atomic E-state index is -0.444. The van der Waals surface area contributed by atoms with Crippen LogP contribution < -0.4 is 16.0 Å². The van der Waals surface area contributed by atoms with Gasteiger partial charge in [0, 0.05) is 25.2 Å². The number of halogens is 1. The zero-order chi connectivity index (χ0) is 14.7. The van der Waals surface area contributed by atoms with Crippen LogP contribution in [0.1, 0.15) is 16.7 Å². The smallest absolute Gasteiger partial charge is 0.150 e. The fourth-order valence-electron chi connectivity index (χ4n) is 2.68. The Bertz CT molecular complexity index is 604. The van der Waals surface area contributed by atoms with Crippen molar-refractivity contribution in [2.24, 2.45) is 0 Å². The first kappa shape index (κ1) is 14.2. The maximum Gasteiger partial charge on any atom is 0.150 e. The molecule has 0 amide bonds. The van der Waals surface area contributed by atoms with E-state index in [2.05, 4.69) is 47.1 Å². The zero-order valence-corrected chi connectivity index (χ0v) is 12.1. The van der Waals surface area contributed by atoms with Crippen molar-refractivity contribution in [1.29, 1.82) is 0 Å². The summed E-state index contributed by atoms with van der Waals surface area (Å²) in [5.74, 6) is -0.647. The summed E-state index contributed by atoms with van der Waals surface area (Å²) >= 11 is 0. The highest BCUT2D eigenvalue weighted by Gasteiger charge is 2.34. The molecule has 1 fully saturated rings. The third kappa shape index (κ3) is 3.13. The van der Waals surface area contributed by atoms with Crippen molar-refractivity contribution in [2.45, 2.75) is 19.3 Å². The van der Waals surface area contributed by atoms with Gasteiger partial charge in [-0.1, -0.05) is 42.0 Å². The number of nitrogens with one attached hydrogen (secondary N) is 3. The summed E-state index contributed by atoms with van der Waals surface area (Å²) in [6.07, 6.45) is 0. The molecule has 0 atom stereocenters. The van der Waals surface area contributed by atoms with Gasteiger partial charge in [-0.25, -0.2) is 4.39 Å². The van der Waals surface area contributed by atoms with Crippen LogP contribution in [-0.4, -0.2) is 13.1 Å². The molecule has 0 radical (unpaired) electrons. The molecule has 0 bridgehead atoms. The first-order valence-electron chi connectivity index (χ1n) is 7.25. The van der Waals surface area contributed by atoms with E-state index < -0.39 is 5.79 Å². The van der Waals surface area contributed by atoms with E-state index in [0.29, 0.717) is 6.54 Å². The molecule has 1 aliphatic heterocycles. The third-order valence-electron chi connectivity index (χ3n) is 3.84. The lowest BCUT2D eigenvalue weighted by Gasteiger charge is -2.32. The first-order chi connectivity index (χ1) is 10.2. The van der Waals surface area contributed by atoms with Gasteiger partial charge in [-0.05, 0) is 24.6 Å². The van der Waals surface area contributed by atoms with Crippen LogP contribution in [-0.2, 0) is 12.3 Å². The Morgan fingerprint density at radius 2 is 1.81 bits per heavy atom. The summed E-state index contributed by atoms with van der Waals surface area (Å²) in [7, 11) is 0. The molecule has 1 saturated heterocycles. The van der Waals surface area contributed by atoms with Crippen molar-refractivity contribution >= 4 is 0 Å². The summed E-state index contributed by atoms with van der Waals surface area (Å²) in [6, 6.07) is 15.1. The first-order valence-corrected chi connectivity index (χ1v) is 7.25. The van der Waals surface area contributed by atoms with E-state index in [1.807, 2.05) is 6.07 Å². The molecule has 21 heavy (non-hydrogen) atoms. The predicted molar refractivity (Wildman–Crippen MR) is 82.1 cm³/mol. The van der Waals surface area contributed by atoms with Gasteiger partial charge in [-0.3, -0.25) is 16.0 Å². The standard InChI is InChI=1S/C17H20FN3/c1-13-5-7-15(8-6-13)17(19-9-10-20-17)21-12-14-3-2-4-16(18)11-14/h2-8,11,19-21H,9-10,12H2,1H3. The van der Waals surface area contributed by atoms with Gasteiger partial charge in [-0.2, -0.15) is 0 Å². The van der Waals surface area contributed by atoms with Crippen molar-refractivity contribution in [2.75, 3.05) is 13.1 Å². The lowest BCUT2D eigenvalue weighted by molar-refractivity contribution is 0.261. The van der Waals surface area contributed by atoms with Gasteiger partial charge < -0.3 is 0 Å². The van der Waals surface area contributed by atoms with E-state index in [-0.39, 0.29) is 5.82 Å². The van der Waals surface area contributed by atoms with Crippen molar-refractivity contribution in [1.82, 2.24) is 16.0 Å². The summed E-state index contributed by atoms with van der Waals surface area (Å²) in [6.45, 7) is 4.45. The van der Waals surface area contributed by atoms with Crippen LogP contribution in [0.15, 0.2) is 48.5 Å². The Kier molecular flexibility index (Phi) is 4.01. The normalized spacial score (nSPS) is 17.0. The topological polar surface area (TPSA) is 36.1 Å². The van der Waals surface area contributed by atoms with Gasteiger partial charge in [0.15, 0.2) is 5.79 Å². The lowest BCUT2D eigenvalue weighted by Crippen LogP contribution is -2.57. The Labute approximate surface area is 124 Å². The number of benzene rings is 2. The second-order valence-corrected chi connectivity index (χ2v) is 5.45. The van der Waals surface area contributed by atoms with Crippen LogP contribution in [0.5, 0.6) is 0 Å². The van der Waals surface area contributed by atoms with Gasteiger partial charge in [0.05, 0.1) is 0 Å². The zero-order valence-electron chi connectivity index (χ0n) is 12.1. The van der Waals surface area contributed by atoms with Crippen molar-refractivity contribution < 1.29 is 4.39 Å². The van der Waals surface area contributed by atoms with Crippen molar-refractivity contribution in [3.63, 3.8) is 0 Å². The summed E-state index contributed by atoms with van der Waals surface area (Å²) in [5, 5.41) is 10.4. The van der Waals surface area contributed by atoms with E-state index >= 15 is 0 Å². The highest BCUT2D eigenvalue weighted by Crippen LogP contribution is 2.19. The van der Waals surface area contributed by atoms with Crippen LogP contribution in [0.2, 0.25) is 0 Å². The fraction of sp³-hybridized carbons (Fsp3) is 0.294. The second-order valence-electron chi connectivity index (χ2n) is 5.45. The minimum Gasteiger partial charge on any atom is -0.282 e. The fourth-order valence-corrected chi connectivity index (χ4v) is 2.68. The highest BCUT2D eigenvalue weighted by molar-refractivity contribution is 5.28. The molecule has 110 valence electrons. The van der Waals surface area contributed by atoms with Crippen LogP contribution >= 0.6 is 0 Å². The monoisotopic (exact) mass is 285 g/mol. The van der Waals surface area contributed by atoms with Gasteiger partial charge in [0.25, 0.3) is 0 Å². The Hall–Kier alpha value is -1.75. The van der Waals surface area contributed by atoms with Gasteiger partial charge >= 0.3 is 0 Å². The number of hydrogen-bond donors (Lipinski definition) is 3. The Morgan fingerprint density at radius 1 is 1.10 bits per heavy atom. The van der Waals surface area contributed by atoms with E-state index in [1.54, 1.807) is 12.1 Å². The van der Waals surface area contributed by atoms with Crippen LogP contribution in [0.4, 0.5) is 4.39 Å². The predicted octanol–water partition coefficient (Wildman–Crippen LogP) is 2.23. The quantitative estimate of drug-likeness (QED) is 0.806. The molecule has 0 spiro atoms. The molecule has 4 heteroatoms. The van der Waals surface area contributed by atoms with Gasteiger partial charge in [0.2, 0.25) is 0 Å². The molecule has 0 unspecified atom stereocenters. The van der Waals surface area contributed by atoms with Crippen LogP contribution in [0.3, 0.4) is 0 Å². The molecule has 2 aromatic carbocycles. The number of hydrogen-bond acceptors (Lipinski definition) is 3. The molecule has 3 rings (SSSR count). The van der Waals surface area contributed by atoms with Gasteiger partial charge in [-0.15, -0.1) is 0 Å². The number of rotatable bonds is 4. The second kappa shape index (κ2) is 5.93. The maximum absolute atomic E-state index is 13.3. The van der Waals surface area contributed by atoms with Crippen LogP contribution in [0, 0.1) is 12.7 Å². The van der Waals surface area contributed by atoms with Crippen molar-refractivity contribution in [3.8, 4) is 0 Å². The highest BCUT2D eigenvalue weighted by atomic mass is 19.1. The Morgan fingerprint density at radius 3 is 2.48 bits per heavy atom. The number of aryl methyl sites for hydroxylation is 1.